The van der Waals surface area contributed by atoms with Crippen LogP contribution >= 0.6 is 0 Å². The van der Waals surface area contributed by atoms with E-state index in [9.17, 15) is 9.90 Å². The standard InChI is InChI=1S/C17H19NO2/c1-3-4-13-6-8-14(9-7-13)18-16-11-12(2)5-10-15(16)17(19)20/h5-11,18H,3-4H2,1-2H3,(H,19,20). The first-order valence-corrected chi connectivity index (χ1v) is 6.80. The van der Waals surface area contributed by atoms with Crippen LogP contribution in [0.1, 0.15) is 34.8 Å². The molecule has 3 nitrogen and oxygen atoms in total. The molecular weight excluding hydrogens is 250 g/mol. The molecule has 0 bridgehead atoms. The average Bonchev–Trinajstić information content (AvgIpc) is 2.41. The van der Waals surface area contributed by atoms with Gasteiger partial charge in [-0.15, -0.1) is 0 Å². The summed E-state index contributed by atoms with van der Waals surface area (Å²) in [6.45, 7) is 4.10. The third-order valence-corrected chi connectivity index (χ3v) is 3.18. The fraction of sp³-hybridized carbons (Fsp3) is 0.235. The highest BCUT2D eigenvalue weighted by Gasteiger charge is 2.10. The van der Waals surface area contributed by atoms with Crippen LogP contribution in [0.2, 0.25) is 0 Å². The second kappa shape index (κ2) is 6.24. The maximum Gasteiger partial charge on any atom is 0.337 e. The summed E-state index contributed by atoms with van der Waals surface area (Å²) >= 11 is 0. The van der Waals surface area contributed by atoms with E-state index in [-0.39, 0.29) is 5.56 Å². The monoisotopic (exact) mass is 269 g/mol. The first kappa shape index (κ1) is 14.1. The number of hydrogen-bond acceptors (Lipinski definition) is 2. The lowest BCUT2D eigenvalue weighted by molar-refractivity contribution is 0.0698. The molecule has 2 aromatic rings. The fourth-order valence-corrected chi connectivity index (χ4v) is 2.15. The Bertz CT molecular complexity index is 603. The van der Waals surface area contributed by atoms with Crippen molar-refractivity contribution in [3.8, 4) is 0 Å². The van der Waals surface area contributed by atoms with Gasteiger partial charge in [-0.05, 0) is 48.7 Å². The highest BCUT2D eigenvalue weighted by molar-refractivity contribution is 5.95. The number of rotatable bonds is 5. The Labute approximate surface area is 119 Å². The van der Waals surface area contributed by atoms with Crippen LogP contribution in [-0.2, 0) is 6.42 Å². The number of carbonyl (C=O) groups is 1. The van der Waals surface area contributed by atoms with Crippen molar-refractivity contribution in [2.75, 3.05) is 5.32 Å². The van der Waals surface area contributed by atoms with Crippen LogP contribution in [0.3, 0.4) is 0 Å². The van der Waals surface area contributed by atoms with Crippen molar-refractivity contribution < 1.29 is 9.90 Å². The third-order valence-electron chi connectivity index (χ3n) is 3.18. The number of nitrogens with one attached hydrogen (secondary N) is 1. The van der Waals surface area contributed by atoms with Crippen molar-refractivity contribution in [1.29, 1.82) is 0 Å². The number of benzene rings is 2. The van der Waals surface area contributed by atoms with Crippen LogP contribution in [-0.4, -0.2) is 11.1 Å². The molecule has 0 unspecified atom stereocenters. The quantitative estimate of drug-likeness (QED) is 0.846. The summed E-state index contributed by atoms with van der Waals surface area (Å²) in [4.78, 5) is 11.2. The van der Waals surface area contributed by atoms with Gasteiger partial charge in [0.15, 0.2) is 0 Å². The first-order valence-electron chi connectivity index (χ1n) is 6.80. The van der Waals surface area contributed by atoms with E-state index < -0.39 is 5.97 Å². The topological polar surface area (TPSA) is 49.3 Å². The molecule has 2 N–H and O–H groups in total. The van der Waals surface area contributed by atoms with Crippen LogP contribution in [0.5, 0.6) is 0 Å². The van der Waals surface area contributed by atoms with Crippen molar-refractivity contribution in [2.24, 2.45) is 0 Å². The Morgan fingerprint density at radius 1 is 1.15 bits per heavy atom. The summed E-state index contributed by atoms with van der Waals surface area (Å²) in [5.41, 5.74) is 4.13. The molecule has 3 heteroatoms. The van der Waals surface area contributed by atoms with Crippen molar-refractivity contribution in [1.82, 2.24) is 0 Å². The van der Waals surface area contributed by atoms with E-state index in [1.54, 1.807) is 12.1 Å². The van der Waals surface area contributed by atoms with Gasteiger partial charge in [0.05, 0.1) is 11.3 Å². The molecule has 0 saturated heterocycles. The third kappa shape index (κ3) is 3.38. The van der Waals surface area contributed by atoms with E-state index in [0.717, 1.165) is 24.1 Å². The van der Waals surface area contributed by atoms with Crippen molar-refractivity contribution in [3.63, 3.8) is 0 Å². The molecule has 0 spiro atoms. The number of hydrogen-bond donors (Lipinski definition) is 2. The van der Waals surface area contributed by atoms with Crippen molar-refractivity contribution in [2.45, 2.75) is 26.7 Å². The molecule has 0 heterocycles. The van der Waals surface area contributed by atoms with Crippen LogP contribution < -0.4 is 5.32 Å². The summed E-state index contributed by atoms with van der Waals surface area (Å²) in [6, 6.07) is 13.4. The minimum atomic E-state index is -0.921. The molecular formula is C17H19NO2. The van der Waals surface area contributed by atoms with Gasteiger partial charge < -0.3 is 10.4 Å². The minimum absolute atomic E-state index is 0.285. The molecule has 0 aliphatic heterocycles. The zero-order valence-electron chi connectivity index (χ0n) is 11.8. The highest BCUT2D eigenvalue weighted by Crippen LogP contribution is 2.23. The van der Waals surface area contributed by atoms with Crippen molar-refractivity contribution in [3.05, 3.63) is 59.2 Å². The van der Waals surface area contributed by atoms with E-state index in [2.05, 4.69) is 24.4 Å². The van der Waals surface area contributed by atoms with Gasteiger partial charge in [0.1, 0.15) is 0 Å². The van der Waals surface area contributed by atoms with E-state index in [4.69, 9.17) is 0 Å². The average molecular weight is 269 g/mol. The maximum absolute atomic E-state index is 11.2. The molecule has 0 aliphatic carbocycles. The fourth-order valence-electron chi connectivity index (χ4n) is 2.15. The van der Waals surface area contributed by atoms with Gasteiger partial charge in [-0.3, -0.25) is 0 Å². The molecule has 2 rings (SSSR count). The molecule has 0 radical (unpaired) electrons. The van der Waals surface area contributed by atoms with Crippen molar-refractivity contribution >= 4 is 17.3 Å². The predicted molar refractivity (Wildman–Crippen MR) is 81.9 cm³/mol. The Hall–Kier alpha value is -2.29. The molecule has 0 fully saturated rings. The van der Waals surface area contributed by atoms with Crippen LogP contribution in [0.4, 0.5) is 11.4 Å². The van der Waals surface area contributed by atoms with E-state index in [0.29, 0.717) is 5.69 Å². The van der Waals surface area contributed by atoms with Gasteiger partial charge in [-0.2, -0.15) is 0 Å². The van der Waals surface area contributed by atoms with Gasteiger partial charge in [-0.25, -0.2) is 4.79 Å². The lowest BCUT2D eigenvalue weighted by atomic mass is 10.1. The zero-order valence-corrected chi connectivity index (χ0v) is 11.8. The summed E-state index contributed by atoms with van der Waals surface area (Å²) in [7, 11) is 0. The molecule has 20 heavy (non-hydrogen) atoms. The van der Waals surface area contributed by atoms with Gasteiger partial charge in [0, 0.05) is 5.69 Å². The minimum Gasteiger partial charge on any atom is -0.478 e. The number of aromatic carboxylic acids is 1. The highest BCUT2D eigenvalue weighted by atomic mass is 16.4. The number of aryl methyl sites for hydroxylation is 2. The predicted octanol–water partition coefficient (Wildman–Crippen LogP) is 4.39. The Kier molecular flexibility index (Phi) is 4.41. The zero-order chi connectivity index (χ0) is 14.5. The van der Waals surface area contributed by atoms with Gasteiger partial charge in [0.2, 0.25) is 0 Å². The number of anilines is 2. The van der Waals surface area contributed by atoms with E-state index >= 15 is 0 Å². The Morgan fingerprint density at radius 3 is 2.45 bits per heavy atom. The number of carboxylic acids is 1. The Morgan fingerprint density at radius 2 is 1.85 bits per heavy atom. The largest absolute Gasteiger partial charge is 0.478 e. The molecule has 0 amide bonds. The lowest BCUT2D eigenvalue weighted by Crippen LogP contribution is -2.03. The van der Waals surface area contributed by atoms with E-state index in [1.165, 1.54) is 5.56 Å². The SMILES string of the molecule is CCCc1ccc(Nc2cc(C)ccc2C(=O)O)cc1. The summed E-state index contributed by atoms with van der Waals surface area (Å²) < 4.78 is 0. The van der Waals surface area contributed by atoms with Gasteiger partial charge >= 0.3 is 5.97 Å². The van der Waals surface area contributed by atoms with Gasteiger partial charge in [-0.1, -0.05) is 31.5 Å². The summed E-state index contributed by atoms with van der Waals surface area (Å²) in [5.74, 6) is -0.921. The second-order valence-corrected chi connectivity index (χ2v) is 4.93. The molecule has 0 saturated carbocycles. The van der Waals surface area contributed by atoms with Gasteiger partial charge in [0.25, 0.3) is 0 Å². The number of carboxylic acid groups (broad SMARTS) is 1. The molecule has 0 aromatic heterocycles. The Balaban J connectivity index is 2.25. The van der Waals surface area contributed by atoms with Crippen LogP contribution in [0.25, 0.3) is 0 Å². The molecule has 104 valence electrons. The first-order chi connectivity index (χ1) is 9.60. The summed E-state index contributed by atoms with van der Waals surface area (Å²) in [6.07, 6.45) is 2.18. The molecule has 2 aromatic carbocycles. The second-order valence-electron chi connectivity index (χ2n) is 4.93. The molecule has 0 atom stereocenters. The molecule has 0 aliphatic rings. The normalized spacial score (nSPS) is 10.3. The smallest absolute Gasteiger partial charge is 0.337 e. The summed E-state index contributed by atoms with van der Waals surface area (Å²) in [5, 5.41) is 12.4. The van der Waals surface area contributed by atoms with Crippen LogP contribution in [0, 0.1) is 6.92 Å². The lowest BCUT2D eigenvalue weighted by Gasteiger charge is -2.11. The maximum atomic E-state index is 11.2. The van der Waals surface area contributed by atoms with E-state index in [1.807, 2.05) is 25.1 Å². The van der Waals surface area contributed by atoms with Crippen LogP contribution in [0.15, 0.2) is 42.5 Å².